The number of phenolic OH excluding ortho intramolecular Hbond substituents is 1. The summed E-state index contributed by atoms with van der Waals surface area (Å²) in [5.74, 6) is 0.431. The van der Waals surface area contributed by atoms with Gasteiger partial charge in [0.15, 0.2) is 0 Å². The Morgan fingerprint density at radius 1 is 1.24 bits per heavy atom. The topological polar surface area (TPSA) is 95.2 Å². The second-order valence-electron chi connectivity index (χ2n) is 6.11. The zero-order valence-corrected chi connectivity index (χ0v) is 13.7. The Bertz CT molecular complexity index is 775. The van der Waals surface area contributed by atoms with Crippen molar-refractivity contribution in [2.45, 2.75) is 37.8 Å². The molecule has 0 saturated heterocycles. The summed E-state index contributed by atoms with van der Waals surface area (Å²) in [5, 5.41) is 21.2. The van der Waals surface area contributed by atoms with Crippen LogP contribution in [0.3, 0.4) is 0 Å². The van der Waals surface area contributed by atoms with Crippen LogP contribution in [0.2, 0.25) is 0 Å². The molecule has 3 rings (SSSR count). The number of aromatic nitrogens is 1. The number of ether oxygens (including phenoxy) is 1. The number of aromatic hydroxyl groups is 1. The van der Waals surface area contributed by atoms with Crippen molar-refractivity contribution in [1.29, 1.82) is 5.26 Å². The number of nitriles is 1. The molecule has 1 aliphatic carbocycles. The van der Waals surface area contributed by atoms with Gasteiger partial charge in [-0.2, -0.15) is 5.26 Å². The van der Waals surface area contributed by atoms with E-state index in [1.165, 1.54) is 18.3 Å². The van der Waals surface area contributed by atoms with Gasteiger partial charge in [-0.25, -0.2) is 4.98 Å². The molecule has 2 aromatic rings. The van der Waals surface area contributed by atoms with Gasteiger partial charge in [-0.3, -0.25) is 4.79 Å². The minimum atomic E-state index is -0.172. The molecule has 0 aliphatic heterocycles. The number of carbonyl (C=O) groups excluding carboxylic acids is 1. The highest BCUT2D eigenvalue weighted by Gasteiger charge is 2.24. The summed E-state index contributed by atoms with van der Waals surface area (Å²) in [6.07, 6.45) is 4.86. The van der Waals surface area contributed by atoms with Crippen LogP contribution in [-0.4, -0.2) is 28.1 Å². The largest absolute Gasteiger partial charge is 0.508 e. The maximum Gasteiger partial charge on any atom is 0.251 e. The molecule has 0 radical (unpaired) electrons. The molecule has 1 amide bonds. The second kappa shape index (κ2) is 7.67. The Kier molecular flexibility index (Phi) is 5.14. The molecule has 1 saturated carbocycles. The lowest BCUT2D eigenvalue weighted by atomic mass is 9.92. The standard InChI is InChI=1S/C19H19N3O3/c20-11-13-4-9-18(21-12-13)25-17-7-5-15(6-8-17)22-19(24)14-2-1-3-16(23)10-14/h1-4,9-10,12,15,17,23H,5-8H2,(H,22,24). The molecule has 25 heavy (non-hydrogen) atoms. The molecule has 6 nitrogen and oxygen atoms in total. The van der Waals surface area contributed by atoms with E-state index < -0.39 is 0 Å². The van der Waals surface area contributed by atoms with Gasteiger partial charge in [-0.1, -0.05) is 6.07 Å². The van der Waals surface area contributed by atoms with Gasteiger partial charge >= 0.3 is 0 Å². The SMILES string of the molecule is N#Cc1ccc(OC2CCC(NC(=O)c3cccc(O)c3)CC2)nc1. The maximum absolute atomic E-state index is 12.2. The highest BCUT2D eigenvalue weighted by molar-refractivity contribution is 5.94. The molecule has 0 bridgehead atoms. The quantitative estimate of drug-likeness (QED) is 0.894. The van der Waals surface area contributed by atoms with Gasteiger partial charge in [0.2, 0.25) is 5.88 Å². The Labute approximate surface area is 146 Å². The van der Waals surface area contributed by atoms with E-state index in [4.69, 9.17) is 10.00 Å². The van der Waals surface area contributed by atoms with Gasteiger partial charge in [0.05, 0.1) is 5.56 Å². The first kappa shape index (κ1) is 16.8. The normalized spacial score (nSPS) is 19.6. The molecule has 1 aliphatic rings. The van der Waals surface area contributed by atoms with Crippen molar-refractivity contribution < 1.29 is 14.6 Å². The lowest BCUT2D eigenvalue weighted by Gasteiger charge is -2.29. The predicted octanol–water partition coefficient (Wildman–Crippen LogP) is 2.78. The third-order valence-electron chi connectivity index (χ3n) is 4.27. The number of carbonyl (C=O) groups is 1. The number of hydrogen-bond acceptors (Lipinski definition) is 5. The van der Waals surface area contributed by atoms with E-state index in [2.05, 4.69) is 10.3 Å². The number of pyridine rings is 1. The van der Waals surface area contributed by atoms with Gasteiger partial charge in [-0.05, 0) is 49.9 Å². The number of amides is 1. The predicted molar refractivity (Wildman–Crippen MR) is 91.2 cm³/mol. The molecule has 0 atom stereocenters. The van der Waals surface area contributed by atoms with E-state index in [0.29, 0.717) is 17.0 Å². The van der Waals surface area contributed by atoms with Crippen molar-refractivity contribution in [2.75, 3.05) is 0 Å². The van der Waals surface area contributed by atoms with Gasteiger partial charge in [0, 0.05) is 23.9 Å². The molecule has 6 heteroatoms. The summed E-state index contributed by atoms with van der Waals surface area (Å²) in [6, 6.07) is 11.8. The number of nitrogens with one attached hydrogen (secondary N) is 1. The van der Waals surface area contributed by atoms with Gasteiger partial charge in [0.1, 0.15) is 17.9 Å². The zero-order chi connectivity index (χ0) is 17.6. The van der Waals surface area contributed by atoms with Crippen molar-refractivity contribution in [2.24, 2.45) is 0 Å². The molecule has 0 unspecified atom stereocenters. The summed E-state index contributed by atoms with van der Waals surface area (Å²) in [7, 11) is 0. The summed E-state index contributed by atoms with van der Waals surface area (Å²) < 4.78 is 5.84. The Balaban J connectivity index is 1.48. The van der Waals surface area contributed by atoms with Crippen LogP contribution < -0.4 is 10.1 Å². The second-order valence-corrected chi connectivity index (χ2v) is 6.11. The summed E-state index contributed by atoms with van der Waals surface area (Å²) in [5.41, 5.74) is 0.964. The van der Waals surface area contributed by atoms with Crippen LogP contribution in [0.25, 0.3) is 0 Å². The van der Waals surface area contributed by atoms with E-state index in [9.17, 15) is 9.90 Å². The number of benzene rings is 1. The number of hydrogen-bond donors (Lipinski definition) is 2. The molecule has 0 spiro atoms. The van der Waals surface area contributed by atoms with Gasteiger partial charge in [-0.15, -0.1) is 0 Å². The van der Waals surface area contributed by atoms with Gasteiger partial charge in [0.25, 0.3) is 5.91 Å². The molecule has 1 aromatic carbocycles. The number of nitrogens with zero attached hydrogens (tertiary/aromatic N) is 2. The minimum absolute atomic E-state index is 0.0642. The lowest BCUT2D eigenvalue weighted by Crippen LogP contribution is -2.39. The number of phenols is 1. The van der Waals surface area contributed by atoms with Crippen molar-refractivity contribution >= 4 is 5.91 Å². The third-order valence-corrected chi connectivity index (χ3v) is 4.27. The van der Waals surface area contributed by atoms with Crippen LogP contribution in [0.4, 0.5) is 0 Å². The molecular formula is C19H19N3O3. The van der Waals surface area contributed by atoms with E-state index >= 15 is 0 Å². The van der Waals surface area contributed by atoms with E-state index in [1.807, 2.05) is 6.07 Å². The Hall–Kier alpha value is -3.07. The number of rotatable bonds is 4. The van der Waals surface area contributed by atoms with Crippen molar-refractivity contribution in [1.82, 2.24) is 10.3 Å². The first-order chi connectivity index (χ1) is 12.1. The third kappa shape index (κ3) is 4.48. The van der Waals surface area contributed by atoms with Crippen LogP contribution in [0, 0.1) is 11.3 Å². The van der Waals surface area contributed by atoms with Crippen LogP contribution in [0.1, 0.15) is 41.6 Å². The Morgan fingerprint density at radius 2 is 2.04 bits per heavy atom. The molecular weight excluding hydrogens is 318 g/mol. The van der Waals surface area contributed by atoms with Crippen LogP contribution >= 0.6 is 0 Å². The van der Waals surface area contributed by atoms with Crippen molar-refractivity contribution in [3.8, 4) is 17.7 Å². The first-order valence-corrected chi connectivity index (χ1v) is 8.27. The summed E-state index contributed by atoms with van der Waals surface area (Å²) in [6.45, 7) is 0. The fraction of sp³-hybridized carbons (Fsp3) is 0.316. The summed E-state index contributed by atoms with van der Waals surface area (Å²) in [4.78, 5) is 16.3. The monoisotopic (exact) mass is 337 g/mol. The molecule has 1 heterocycles. The first-order valence-electron chi connectivity index (χ1n) is 8.27. The van der Waals surface area contributed by atoms with E-state index in [0.717, 1.165) is 25.7 Å². The van der Waals surface area contributed by atoms with Gasteiger partial charge < -0.3 is 15.2 Å². The smallest absolute Gasteiger partial charge is 0.251 e. The average Bonchev–Trinajstić information content (AvgIpc) is 2.64. The van der Waals surface area contributed by atoms with Crippen LogP contribution in [0.5, 0.6) is 11.6 Å². The van der Waals surface area contributed by atoms with Crippen LogP contribution in [0.15, 0.2) is 42.6 Å². The highest BCUT2D eigenvalue weighted by atomic mass is 16.5. The van der Waals surface area contributed by atoms with Crippen molar-refractivity contribution in [3.63, 3.8) is 0 Å². The fourth-order valence-electron chi connectivity index (χ4n) is 2.93. The highest BCUT2D eigenvalue weighted by Crippen LogP contribution is 2.23. The lowest BCUT2D eigenvalue weighted by molar-refractivity contribution is 0.0890. The zero-order valence-electron chi connectivity index (χ0n) is 13.7. The van der Waals surface area contributed by atoms with Crippen molar-refractivity contribution in [3.05, 3.63) is 53.7 Å². The van der Waals surface area contributed by atoms with E-state index in [-0.39, 0.29) is 23.8 Å². The van der Waals surface area contributed by atoms with E-state index in [1.54, 1.807) is 24.3 Å². The molecule has 2 N–H and O–H groups in total. The molecule has 128 valence electrons. The molecule has 1 fully saturated rings. The maximum atomic E-state index is 12.2. The van der Waals surface area contributed by atoms with Crippen LogP contribution in [-0.2, 0) is 0 Å². The fourth-order valence-corrected chi connectivity index (χ4v) is 2.93. The minimum Gasteiger partial charge on any atom is -0.508 e. The Morgan fingerprint density at radius 3 is 2.68 bits per heavy atom. The summed E-state index contributed by atoms with van der Waals surface area (Å²) >= 11 is 0. The molecule has 1 aromatic heterocycles. The average molecular weight is 337 g/mol.